The molecule has 1 aliphatic rings. The maximum atomic E-state index is 11.6. The lowest BCUT2D eigenvalue weighted by Crippen LogP contribution is -2.39. The summed E-state index contributed by atoms with van der Waals surface area (Å²) in [5, 5.41) is 0. The molecule has 2 rings (SSSR count). The fourth-order valence-corrected chi connectivity index (χ4v) is 1.64. The average molecular weight is 216 g/mol. The first-order valence-corrected chi connectivity index (χ1v) is 4.96. The van der Waals surface area contributed by atoms with E-state index in [0.29, 0.717) is 18.0 Å². The van der Waals surface area contributed by atoms with Crippen molar-refractivity contribution in [2.75, 3.05) is 18.1 Å². The average Bonchev–Trinajstić information content (AvgIpc) is 2.32. The zero-order valence-electron chi connectivity index (χ0n) is 8.77. The molecule has 1 aromatic rings. The van der Waals surface area contributed by atoms with E-state index < -0.39 is 0 Å². The van der Waals surface area contributed by atoms with Crippen molar-refractivity contribution in [2.45, 2.75) is 6.54 Å². The Morgan fingerprint density at radius 3 is 3.06 bits per heavy atom. The lowest BCUT2D eigenvalue weighted by atomic mass is 10.1. The number of anilines is 1. The van der Waals surface area contributed by atoms with E-state index in [1.165, 1.54) is 4.90 Å². The standard InChI is InChI=1S/C12H12N2O2/c1-2-5-14-10-6-9(7-13)3-4-11(10)16-8-12(14)15/h1,3-4,6H,5,7-8,13H2. The van der Waals surface area contributed by atoms with Gasteiger partial charge in [-0.3, -0.25) is 9.69 Å². The van der Waals surface area contributed by atoms with Crippen LogP contribution < -0.4 is 15.4 Å². The van der Waals surface area contributed by atoms with Crippen LogP contribution in [0.4, 0.5) is 5.69 Å². The van der Waals surface area contributed by atoms with E-state index in [2.05, 4.69) is 5.92 Å². The Morgan fingerprint density at radius 2 is 2.38 bits per heavy atom. The van der Waals surface area contributed by atoms with E-state index >= 15 is 0 Å². The molecule has 1 amide bonds. The third kappa shape index (κ3) is 1.73. The number of terminal acetylenes is 1. The molecule has 0 fully saturated rings. The van der Waals surface area contributed by atoms with Gasteiger partial charge in [0.25, 0.3) is 5.91 Å². The topological polar surface area (TPSA) is 55.6 Å². The summed E-state index contributed by atoms with van der Waals surface area (Å²) in [6, 6.07) is 5.53. The Labute approximate surface area is 94.0 Å². The quantitative estimate of drug-likeness (QED) is 0.732. The van der Waals surface area contributed by atoms with Crippen LogP contribution in [0.5, 0.6) is 5.75 Å². The fraction of sp³-hybridized carbons (Fsp3) is 0.250. The third-order valence-corrected chi connectivity index (χ3v) is 2.45. The minimum atomic E-state index is -0.125. The van der Waals surface area contributed by atoms with E-state index in [1.807, 2.05) is 18.2 Å². The maximum Gasteiger partial charge on any atom is 0.265 e. The van der Waals surface area contributed by atoms with Gasteiger partial charge in [-0.05, 0) is 17.7 Å². The van der Waals surface area contributed by atoms with Gasteiger partial charge in [-0.15, -0.1) is 6.42 Å². The number of amides is 1. The van der Waals surface area contributed by atoms with Gasteiger partial charge in [0.2, 0.25) is 0 Å². The molecule has 16 heavy (non-hydrogen) atoms. The number of benzene rings is 1. The van der Waals surface area contributed by atoms with Crippen molar-refractivity contribution < 1.29 is 9.53 Å². The Hall–Kier alpha value is -1.99. The first-order chi connectivity index (χ1) is 7.76. The predicted molar refractivity (Wildman–Crippen MR) is 61.0 cm³/mol. The number of hydrogen-bond acceptors (Lipinski definition) is 3. The first kappa shape index (κ1) is 10.5. The minimum Gasteiger partial charge on any atom is -0.482 e. The maximum absolute atomic E-state index is 11.6. The van der Waals surface area contributed by atoms with Gasteiger partial charge in [0.05, 0.1) is 12.2 Å². The van der Waals surface area contributed by atoms with Gasteiger partial charge >= 0.3 is 0 Å². The molecular weight excluding hydrogens is 204 g/mol. The number of nitrogens with zero attached hydrogens (tertiary/aromatic N) is 1. The van der Waals surface area contributed by atoms with Crippen molar-refractivity contribution in [3.05, 3.63) is 23.8 Å². The predicted octanol–water partition coefficient (Wildman–Crippen LogP) is 0.504. The Kier molecular flexibility index (Phi) is 2.80. The van der Waals surface area contributed by atoms with Crippen LogP contribution in [0.1, 0.15) is 5.56 Å². The SMILES string of the molecule is C#CCN1C(=O)COc2ccc(CN)cc21. The highest BCUT2D eigenvalue weighted by Gasteiger charge is 2.24. The molecule has 4 nitrogen and oxygen atoms in total. The van der Waals surface area contributed by atoms with Crippen LogP contribution in [0.25, 0.3) is 0 Å². The van der Waals surface area contributed by atoms with Gasteiger partial charge in [-0.2, -0.15) is 0 Å². The zero-order chi connectivity index (χ0) is 11.5. The Bertz CT molecular complexity index is 463. The zero-order valence-corrected chi connectivity index (χ0v) is 8.77. The highest BCUT2D eigenvalue weighted by atomic mass is 16.5. The third-order valence-electron chi connectivity index (χ3n) is 2.45. The summed E-state index contributed by atoms with van der Waals surface area (Å²) in [6.45, 7) is 0.714. The van der Waals surface area contributed by atoms with Crippen LogP contribution in [-0.2, 0) is 11.3 Å². The summed E-state index contributed by atoms with van der Waals surface area (Å²) >= 11 is 0. The molecule has 0 unspecified atom stereocenters. The lowest BCUT2D eigenvalue weighted by Gasteiger charge is -2.28. The van der Waals surface area contributed by atoms with Crippen LogP contribution >= 0.6 is 0 Å². The van der Waals surface area contributed by atoms with Crippen molar-refractivity contribution in [3.63, 3.8) is 0 Å². The Morgan fingerprint density at radius 1 is 1.56 bits per heavy atom. The molecule has 0 aliphatic carbocycles. The molecule has 0 radical (unpaired) electrons. The first-order valence-electron chi connectivity index (χ1n) is 4.96. The second-order valence-corrected chi connectivity index (χ2v) is 3.48. The lowest BCUT2D eigenvalue weighted by molar-refractivity contribution is -0.121. The molecular formula is C12H12N2O2. The van der Waals surface area contributed by atoms with Gasteiger partial charge in [-0.1, -0.05) is 12.0 Å². The Balaban J connectivity index is 2.44. The number of hydrogen-bond donors (Lipinski definition) is 1. The van der Waals surface area contributed by atoms with Gasteiger partial charge in [0, 0.05) is 6.54 Å². The summed E-state index contributed by atoms with van der Waals surface area (Å²) < 4.78 is 5.31. The largest absolute Gasteiger partial charge is 0.482 e. The van der Waals surface area contributed by atoms with Crippen LogP contribution in [0.3, 0.4) is 0 Å². The van der Waals surface area contributed by atoms with Crippen LogP contribution in [0, 0.1) is 12.3 Å². The number of rotatable bonds is 2. The highest BCUT2D eigenvalue weighted by Crippen LogP contribution is 2.32. The smallest absolute Gasteiger partial charge is 0.265 e. The fourth-order valence-electron chi connectivity index (χ4n) is 1.64. The molecule has 0 saturated heterocycles. The van der Waals surface area contributed by atoms with Gasteiger partial charge in [-0.25, -0.2) is 0 Å². The van der Waals surface area contributed by atoms with Crippen molar-refractivity contribution in [3.8, 4) is 18.1 Å². The minimum absolute atomic E-state index is 0.0383. The van der Waals surface area contributed by atoms with E-state index in [0.717, 1.165) is 5.56 Å². The van der Waals surface area contributed by atoms with E-state index in [4.69, 9.17) is 16.9 Å². The summed E-state index contributed by atoms with van der Waals surface area (Å²) in [6.07, 6.45) is 5.24. The molecule has 4 heteroatoms. The van der Waals surface area contributed by atoms with Crippen molar-refractivity contribution in [1.29, 1.82) is 0 Å². The monoisotopic (exact) mass is 216 g/mol. The molecule has 1 heterocycles. The number of carbonyl (C=O) groups is 1. The summed E-state index contributed by atoms with van der Waals surface area (Å²) in [4.78, 5) is 13.2. The molecule has 1 aromatic carbocycles. The number of fused-ring (bicyclic) bond motifs is 1. The van der Waals surface area contributed by atoms with Gasteiger partial charge in [0.1, 0.15) is 5.75 Å². The van der Waals surface area contributed by atoms with E-state index in [-0.39, 0.29) is 19.1 Å². The molecule has 0 atom stereocenters. The van der Waals surface area contributed by atoms with Crippen LogP contribution in [0.2, 0.25) is 0 Å². The molecule has 2 N–H and O–H groups in total. The normalized spacial score (nSPS) is 14.0. The summed E-state index contributed by atoms with van der Waals surface area (Å²) in [5.74, 6) is 3.01. The number of carbonyl (C=O) groups excluding carboxylic acids is 1. The highest BCUT2D eigenvalue weighted by molar-refractivity contribution is 5.98. The van der Waals surface area contributed by atoms with Crippen LogP contribution in [0.15, 0.2) is 18.2 Å². The summed E-state index contributed by atoms with van der Waals surface area (Å²) in [5.41, 5.74) is 7.20. The van der Waals surface area contributed by atoms with E-state index in [1.54, 1.807) is 0 Å². The van der Waals surface area contributed by atoms with Gasteiger partial charge in [0.15, 0.2) is 6.61 Å². The van der Waals surface area contributed by atoms with Crippen molar-refractivity contribution >= 4 is 11.6 Å². The molecule has 0 bridgehead atoms. The van der Waals surface area contributed by atoms with Gasteiger partial charge < -0.3 is 10.5 Å². The number of nitrogens with two attached hydrogens (primary N) is 1. The molecule has 0 spiro atoms. The van der Waals surface area contributed by atoms with E-state index in [9.17, 15) is 4.79 Å². The second-order valence-electron chi connectivity index (χ2n) is 3.48. The molecule has 0 aromatic heterocycles. The molecule has 0 saturated carbocycles. The van der Waals surface area contributed by atoms with Crippen molar-refractivity contribution in [1.82, 2.24) is 0 Å². The second kappa shape index (κ2) is 4.25. The summed E-state index contributed by atoms with van der Waals surface area (Å²) in [7, 11) is 0. The van der Waals surface area contributed by atoms with Crippen LogP contribution in [-0.4, -0.2) is 19.1 Å². The number of ether oxygens (including phenoxy) is 1. The van der Waals surface area contributed by atoms with Crippen molar-refractivity contribution in [2.24, 2.45) is 5.73 Å². The molecule has 82 valence electrons. The molecule has 1 aliphatic heterocycles.